The number of anilines is 2. The topological polar surface area (TPSA) is 70.1 Å². The highest BCUT2D eigenvalue weighted by molar-refractivity contribution is 5.59. The third-order valence-electron chi connectivity index (χ3n) is 3.58. The summed E-state index contributed by atoms with van der Waals surface area (Å²) in [7, 11) is 0. The van der Waals surface area contributed by atoms with Crippen LogP contribution in [0.15, 0.2) is 6.33 Å². The molecule has 0 spiro atoms. The second-order valence-corrected chi connectivity index (χ2v) is 6.74. The quantitative estimate of drug-likeness (QED) is 0.720. The van der Waals surface area contributed by atoms with Gasteiger partial charge in [-0.1, -0.05) is 34.6 Å². The van der Waals surface area contributed by atoms with Gasteiger partial charge in [0.25, 0.3) is 0 Å². The average molecular weight is 294 g/mol. The smallest absolute Gasteiger partial charge is 0.135 e. The maximum atomic E-state index is 9.31. The van der Waals surface area contributed by atoms with Gasteiger partial charge in [-0.15, -0.1) is 0 Å². The highest BCUT2D eigenvalue weighted by Gasteiger charge is 2.26. The van der Waals surface area contributed by atoms with E-state index in [9.17, 15) is 5.11 Å². The molecule has 1 rings (SSSR count). The third kappa shape index (κ3) is 4.84. The third-order valence-corrected chi connectivity index (χ3v) is 3.58. The predicted octanol–water partition coefficient (Wildman–Crippen LogP) is 3.24. The lowest BCUT2D eigenvalue weighted by molar-refractivity contribution is 0.235. The number of aliphatic hydroxyl groups excluding tert-OH is 1. The minimum absolute atomic E-state index is 0.0419. The Bertz CT molecular complexity index is 440. The Kier molecular flexibility index (Phi) is 6.40. The fraction of sp³-hybridized carbons (Fsp3) is 0.750. The first-order valence-corrected chi connectivity index (χ1v) is 7.77. The van der Waals surface area contributed by atoms with Crippen molar-refractivity contribution in [3.63, 3.8) is 0 Å². The molecule has 1 unspecified atom stereocenters. The van der Waals surface area contributed by atoms with Gasteiger partial charge >= 0.3 is 0 Å². The summed E-state index contributed by atoms with van der Waals surface area (Å²) in [6.45, 7) is 13.8. The van der Waals surface area contributed by atoms with Crippen molar-refractivity contribution in [2.24, 2.45) is 5.41 Å². The molecule has 1 heterocycles. The SMILES string of the molecule is CCNc1ncnc(NC(CCO)C(C)(C)C)c1C(C)C. The van der Waals surface area contributed by atoms with Gasteiger partial charge in [-0.05, 0) is 24.7 Å². The second-order valence-electron chi connectivity index (χ2n) is 6.74. The number of nitrogens with one attached hydrogen (secondary N) is 2. The van der Waals surface area contributed by atoms with Crippen LogP contribution in [-0.4, -0.2) is 34.3 Å². The second kappa shape index (κ2) is 7.59. The molecule has 5 heteroatoms. The van der Waals surface area contributed by atoms with Gasteiger partial charge in [0, 0.05) is 24.8 Å². The van der Waals surface area contributed by atoms with Gasteiger partial charge in [-0.2, -0.15) is 0 Å². The molecule has 1 aromatic heterocycles. The van der Waals surface area contributed by atoms with E-state index < -0.39 is 0 Å². The molecule has 0 aliphatic heterocycles. The van der Waals surface area contributed by atoms with Gasteiger partial charge in [0.2, 0.25) is 0 Å². The van der Waals surface area contributed by atoms with Crippen LogP contribution in [0.25, 0.3) is 0 Å². The largest absolute Gasteiger partial charge is 0.396 e. The van der Waals surface area contributed by atoms with Crippen molar-refractivity contribution >= 4 is 11.6 Å². The van der Waals surface area contributed by atoms with Crippen molar-refractivity contribution < 1.29 is 5.11 Å². The van der Waals surface area contributed by atoms with Crippen LogP contribution in [0, 0.1) is 5.41 Å². The van der Waals surface area contributed by atoms with Crippen molar-refractivity contribution in [3.05, 3.63) is 11.9 Å². The average Bonchev–Trinajstić information content (AvgIpc) is 2.37. The van der Waals surface area contributed by atoms with Crippen molar-refractivity contribution in [1.82, 2.24) is 9.97 Å². The summed E-state index contributed by atoms with van der Waals surface area (Å²) in [5.74, 6) is 2.07. The fourth-order valence-corrected chi connectivity index (χ4v) is 2.38. The molecular weight excluding hydrogens is 264 g/mol. The summed E-state index contributed by atoms with van der Waals surface area (Å²) in [5, 5.41) is 16.1. The standard InChI is InChI=1S/C16H30N4O/c1-7-17-14-13(11(2)3)15(19-10-18-14)20-12(8-9-21)16(4,5)6/h10-12,21H,7-9H2,1-6H3,(H2,17,18,19,20). The Labute approximate surface area is 128 Å². The van der Waals surface area contributed by atoms with E-state index in [1.165, 1.54) is 0 Å². The predicted molar refractivity (Wildman–Crippen MR) is 88.9 cm³/mol. The van der Waals surface area contributed by atoms with E-state index in [1.54, 1.807) is 6.33 Å². The van der Waals surface area contributed by atoms with Gasteiger partial charge in [-0.3, -0.25) is 0 Å². The Hall–Kier alpha value is -1.36. The highest BCUT2D eigenvalue weighted by atomic mass is 16.3. The molecule has 0 aromatic carbocycles. The van der Waals surface area contributed by atoms with Crippen molar-refractivity contribution in [2.45, 2.75) is 59.9 Å². The van der Waals surface area contributed by atoms with E-state index >= 15 is 0 Å². The van der Waals surface area contributed by atoms with Crippen LogP contribution in [0.5, 0.6) is 0 Å². The van der Waals surface area contributed by atoms with E-state index in [0.29, 0.717) is 12.3 Å². The zero-order valence-electron chi connectivity index (χ0n) is 14.2. The number of hydrogen-bond donors (Lipinski definition) is 3. The Morgan fingerprint density at radius 2 is 1.81 bits per heavy atom. The summed E-state index contributed by atoms with van der Waals surface area (Å²) < 4.78 is 0. The van der Waals surface area contributed by atoms with Crippen molar-refractivity contribution in [1.29, 1.82) is 0 Å². The van der Waals surface area contributed by atoms with Crippen LogP contribution >= 0.6 is 0 Å². The lowest BCUT2D eigenvalue weighted by atomic mass is 9.84. The van der Waals surface area contributed by atoms with Crippen LogP contribution in [0.1, 0.15) is 59.4 Å². The molecule has 0 aliphatic rings. The summed E-state index contributed by atoms with van der Waals surface area (Å²) in [4.78, 5) is 8.79. The summed E-state index contributed by atoms with van der Waals surface area (Å²) in [6.07, 6.45) is 2.28. The lowest BCUT2D eigenvalue weighted by Gasteiger charge is -2.32. The zero-order valence-corrected chi connectivity index (χ0v) is 14.2. The first kappa shape index (κ1) is 17.7. The van der Waals surface area contributed by atoms with E-state index in [2.05, 4.69) is 62.1 Å². The van der Waals surface area contributed by atoms with Crippen molar-refractivity contribution in [2.75, 3.05) is 23.8 Å². The van der Waals surface area contributed by atoms with E-state index in [-0.39, 0.29) is 18.1 Å². The van der Waals surface area contributed by atoms with E-state index in [1.807, 2.05) is 0 Å². The molecule has 1 atom stereocenters. The van der Waals surface area contributed by atoms with Crippen LogP contribution in [0.2, 0.25) is 0 Å². The fourth-order valence-electron chi connectivity index (χ4n) is 2.38. The van der Waals surface area contributed by atoms with Crippen molar-refractivity contribution in [3.8, 4) is 0 Å². The number of nitrogens with zero attached hydrogens (tertiary/aromatic N) is 2. The van der Waals surface area contributed by atoms with E-state index in [4.69, 9.17) is 0 Å². The first-order chi connectivity index (χ1) is 9.81. The number of rotatable bonds is 7. The number of aromatic nitrogens is 2. The minimum Gasteiger partial charge on any atom is -0.396 e. The molecular formula is C16H30N4O. The molecule has 0 saturated heterocycles. The van der Waals surface area contributed by atoms with Gasteiger partial charge in [0.15, 0.2) is 0 Å². The molecule has 5 nitrogen and oxygen atoms in total. The lowest BCUT2D eigenvalue weighted by Crippen LogP contribution is -2.35. The Morgan fingerprint density at radius 1 is 1.19 bits per heavy atom. The van der Waals surface area contributed by atoms with Crippen LogP contribution in [0.4, 0.5) is 11.6 Å². The van der Waals surface area contributed by atoms with Crippen LogP contribution in [-0.2, 0) is 0 Å². The number of hydrogen-bond acceptors (Lipinski definition) is 5. The van der Waals surface area contributed by atoms with Gasteiger partial charge in [0.05, 0.1) is 0 Å². The molecule has 0 saturated carbocycles. The maximum absolute atomic E-state index is 9.31. The highest BCUT2D eigenvalue weighted by Crippen LogP contribution is 2.32. The number of aliphatic hydroxyl groups is 1. The Morgan fingerprint density at radius 3 is 2.29 bits per heavy atom. The Balaban J connectivity index is 3.13. The molecule has 0 radical (unpaired) electrons. The van der Waals surface area contributed by atoms with Gasteiger partial charge in [-0.25, -0.2) is 9.97 Å². The molecule has 0 amide bonds. The minimum atomic E-state index is 0.0419. The van der Waals surface area contributed by atoms with Crippen LogP contribution < -0.4 is 10.6 Å². The molecule has 21 heavy (non-hydrogen) atoms. The molecule has 3 N–H and O–H groups in total. The van der Waals surface area contributed by atoms with Crippen LogP contribution in [0.3, 0.4) is 0 Å². The van der Waals surface area contributed by atoms with E-state index in [0.717, 1.165) is 23.7 Å². The molecule has 0 aliphatic carbocycles. The normalized spacial score (nSPS) is 13.3. The monoisotopic (exact) mass is 294 g/mol. The summed E-state index contributed by atoms with van der Waals surface area (Å²) in [5.41, 5.74) is 1.15. The molecule has 0 fully saturated rings. The maximum Gasteiger partial charge on any atom is 0.135 e. The molecule has 1 aromatic rings. The molecule has 120 valence electrons. The zero-order chi connectivity index (χ0) is 16.0. The van der Waals surface area contributed by atoms with Gasteiger partial charge in [0.1, 0.15) is 18.0 Å². The first-order valence-electron chi connectivity index (χ1n) is 7.77. The summed E-state index contributed by atoms with van der Waals surface area (Å²) in [6, 6.07) is 0.157. The summed E-state index contributed by atoms with van der Waals surface area (Å²) >= 11 is 0. The molecule has 0 bridgehead atoms. The van der Waals surface area contributed by atoms with Gasteiger partial charge < -0.3 is 15.7 Å².